The van der Waals surface area contributed by atoms with Crippen LogP contribution in [0.25, 0.3) is 21.0 Å². The standard InChI is InChI=1S/C21H19N3O2S2/c1-22-18-9-13(3-4-20(18)27-2)24-16-5-6-23-17-10-15-19(26-8-7-25)12-28-21(15)11-14(16)17/h3-6,9-12,25H,1,7-8H2,2H3,(H,23,24). The number of hydrogen-bond acceptors (Lipinski definition) is 7. The number of nitrogens with one attached hydrogen (secondary N) is 1. The van der Waals surface area contributed by atoms with Gasteiger partial charge in [0.2, 0.25) is 0 Å². The van der Waals surface area contributed by atoms with E-state index in [9.17, 15) is 0 Å². The number of hydrogen-bond donors (Lipinski definition) is 2. The van der Waals surface area contributed by atoms with Gasteiger partial charge >= 0.3 is 0 Å². The van der Waals surface area contributed by atoms with Gasteiger partial charge in [-0.05, 0) is 49.4 Å². The summed E-state index contributed by atoms with van der Waals surface area (Å²) in [4.78, 5) is 9.74. The minimum Gasteiger partial charge on any atom is -0.490 e. The molecule has 0 fully saturated rings. The van der Waals surface area contributed by atoms with E-state index < -0.39 is 0 Å². The number of aliphatic hydroxyl groups is 1. The highest BCUT2D eigenvalue weighted by Crippen LogP contribution is 2.38. The number of fused-ring (bicyclic) bond motifs is 2. The van der Waals surface area contributed by atoms with E-state index in [0.717, 1.165) is 48.7 Å². The predicted octanol–water partition coefficient (Wildman–Crippen LogP) is 5.62. The van der Waals surface area contributed by atoms with Gasteiger partial charge in [0.1, 0.15) is 12.4 Å². The van der Waals surface area contributed by atoms with Gasteiger partial charge in [-0.3, -0.25) is 9.98 Å². The number of anilines is 2. The molecular weight excluding hydrogens is 390 g/mol. The third kappa shape index (κ3) is 3.56. The monoisotopic (exact) mass is 409 g/mol. The van der Waals surface area contributed by atoms with Gasteiger partial charge in [0.15, 0.2) is 0 Å². The topological polar surface area (TPSA) is 66.7 Å². The van der Waals surface area contributed by atoms with Crippen molar-refractivity contribution in [1.82, 2.24) is 4.98 Å². The summed E-state index contributed by atoms with van der Waals surface area (Å²) in [5, 5.41) is 16.5. The van der Waals surface area contributed by atoms with Gasteiger partial charge in [-0.2, -0.15) is 0 Å². The lowest BCUT2D eigenvalue weighted by atomic mass is 10.1. The number of thioether (sulfide) groups is 1. The van der Waals surface area contributed by atoms with Gasteiger partial charge in [-0.15, -0.1) is 23.1 Å². The average Bonchev–Trinajstić information content (AvgIpc) is 3.12. The van der Waals surface area contributed by atoms with Gasteiger partial charge in [0.05, 0.1) is 17.8 Å². The second-order valence-electron chi connectivity index (χ2n) is 6.07. The summed E-state index contributed by atoms with van der Waals surface area (Å²) in [5.41, 5.74) is 3.67. The van der Waals surface area contributed by atoms with Crippen LogP contribution in [0.3, 0.4) is 0 Å². The molecule has 0 radical (unpaired) electrons. The van der Waals surface area contributed by atoms with E-state index in [4.69, 9.17) is 9.84 Å². The molecule has 0 aliphatic carbocycles. The van der Waals surface area contributed by atoms with Crippen LogP contribution in [0.5, 0.6) is 5.75 Å². The van der Waals surface area contributed by atoms with Gasteiger partial charge in [0, 0.05) is 43.3 Å². The molecule has 7 heteroatoms. The lowest BCUT2D eigenvalue weighted by molar-refractivity contribution is 0.203. The number of aromatic nitrogens is 1. The van der Waals surface area contributed by atoms with Crippen LogP contribution in [0, 0.1) is 0 Å². The molecule has 0 saturated heterocycles. The number of rotatable bonds is 7. The fourth-order valence-electron chi connectivity index (χ4n) is 3.07. The number of aliphatic hydroxyl groups excluding tert-OH is 1. The molecule has 28 heavy (non-hydrogen) atoms. The highest BCUT2D eigenvalue weighted by molar-refractivity contribution is 7.98. The maximum atomic E-state index is 9.00. The smallest absolute Gasteiger partial charge is 0.138 e. The van der Waals surface area contributed by atoms with Crippen molar-refractivity contribution >= 4 is 67.9 Å². The first kappa shape index (κ1) is 18.7. The van der Waals surface area contributed by atoms with Crippen LogP contribution in [0.1, 0.15) is 0 Å². The third-order valence-electron chi connectivity index (χ3n) is 4.38. The Balaban J connectivity index is 1.74. The van der Waals surface area contributed by atoms with Gasteiger partial charge in [0.25, 0.3) is 0 Å². The fourth-order valence-corrected chi connectivity index (χ4v) is 4.50. The van der Waals surface area contributed by atoms with Gasteiger partial charge in [-0.25, -0.2) is 0 Å². The Hall–Kier alpha value is -2.61. The number of thiophene rings is 1. The van der Waals surface area contributed by atoms with Gasteiger partial charge in [-0.1, -0.05) is 0 Å². The maximum absolute atomic E-state index is 9.00. The number of benzene rings is 2. The molecule has 5 nitrogen and oxygen atoms in total. The number of nitrogens with zero attached hydrogens (tertiary/aromatic N) is 2. The Labute approximate surface area is 171 Å². The highest BCUT2D eigenvalue weighted by atomic mass is 32.2. The quantitative estimate of drug-likeness (QED) is 0.306. The summed E-state index contributed by atoms with van der Waals surface area (Å²) in [6.45, 7) is 3.94. The van der Waals surface area contributed by atoms with Crippen LogP contribution >= 0.6 is 23.1 Å². The van der Waals surface area contributed by atoms with E-state index in [1.165, 1.54) is 0 Å². The van der Waals surface area contributed by atoms with Crippen molar-refractivity contribution < 1.29 is 9.84 Å². The maximum Gasteiger partial charge on any atom is 0.138 e. The van der Waals surface area contributed by atoms with Crippen molar-refractivity contribution in [2.24, 2.45) is 4.99 Å². The van der Waals surface area contributed by atoms with E-state index >= 15 is 0 Å². The second kappa shape index (κ2) is 8.18. The summed E-state index contributed by atoms with van der Waals surface area (Å²) >= 11 is 3.27. The molecule has 4 aromatic rings. The van der Waals surface area contributed by atoms with E-state index in [1.807, 2.05) is 42.0 Å². The number of aliphatic imine (C=N–C) groups is 1. The highest BCUT2D eigenvalue weighted by Gasteiger charge is 2.11. The molecule has 0 aliphatic rings. The molecule has 142 valence electrons. The Bertz CT molecular complexity index is 1160. The summed E-state index contributed by atoms with van der Waals surface area (Å²) in [7, 11) is 0. The normalized spacial score (nSPS) is 11.1. The van der Waals surface area contributed by atoms with Crippen LogP contribution in [-0.2, 0) is 0 Å². The Morgan fingerprint density at radius 3 is 2.93 bits per heavy atom. The van der Waals surface area contributed by atoms with Crippen molar-refractivity contribution in [1.29, 1.82) is 0 Å². The second-order valence-corrected chi connectivity index (χ2v) is 7.83. The minimum absolute atomic E-state index is 0.00583. The largest absolute Gasteiger partial charge is 0.490 e. The van der Waals surface area contributed by atoms with Crippen molar-refractivity contribution in [2.75, 3.05) is 24.8 Å². The molecule has 0 bridgehead atoms. The summed E-state index contributed by atoms with van der Waals surface area (Å²) < 4.78 is 6.74. The molecule has 2 aromatic heterocycles. The summed E-state index contributed by atoms with van der Waals surface area (Å²) in [5.74, 6) is 0.783. The zero-order valence-corrected chi connectivity index (χ0v) is 16.9. The lowest BCUT2D eigenvalue weighted by Crippen LogP contribution is -2.00. The van der Waals surface area contributed by atoms with Crippen molar-refractivity contribution in [3.63, 3.8) is 0 Å². The van der Waals surface area contributed by atoms with Crippen LogP contribution in [-0.4, -0.2) is 36.3 Å². The predicted molar refractivity (Wildman–Crippen MR) is 120 cm³/mol. The number of pyridine rings is 1. The molecule has 0 amide bonds. The molecule has 2 N–H and O–H groups in total. The van der Waals surface area contributed by atoms with E-state index in [-0.39, 0.29) is 13.2 Å². The zero-order chi connectivity index (χ0) is 19.5. The molecule has 4 rings (SSSR count). The molecule has 0 saturated carbocycles. The first-order valence-electron chi connectivity index (χ1n) is 8.69. The molecule has 0 unspecified atom stereocenters. The average molecular weight is 410 g/mol. The Morgan fingerprint density at radius 1 is 1.25 bits per heavy atom. The Kier molecular flexibility index (Phi) is 5.47. The minimum atomic E-state index is -0.00583. The van der Waals surface area contributed by atoms with E-state index in [1.54, 1.807) is 29.3 Å². The van der Waals surface area contributed by atoms with E-state index in [0.29, 0.717) is 0 Å². The summed E-state index contributed by atoms with van der Waals surface area (Å²) in [6, 6.07) is 12.2. The lowest BCUT2D eigenvalue weighted by Gasteiger charge is -2.12. The van der Waals surface area contributed by atoms with Crippen LogP contribution in [0.4, 0.5) is 17.1 Å². The van der Waals surface area contributed by atoms with E-state index in [2.05, 4.69) is 28.1 Å². The Morgan fingerprint density at radius 2 is 2.14 bits per heavy atom. The van der Waals surface area contributed by atoms with Crippen molar-refractivity contribution in [2.45, 2.75) is 4.90 Å². The fraction of sp³-hybridized carbons (Fsp3) is 0.143. The van der Waals surface area contributed by atoms with Crippen LogP contribution < -0.4 is 10.1 Å². The first-order chi connectivity index (χ1) is 13.7. The van der Waals surface area contributed by atoms with Crippen LogP contribution in [0.15, 0.2) is 57.9 Å². The first-order valence-corrected chi connectivity index (χ1v) is 10.8. The zero-order valence-electron chi connectivity index (χ0n) is 15.3. The third-order valence-corrected chi connectivity index (χ3v) is 6.09. The molecule has 2 heterocycles. The van der Waals surface area contributed by atoms with Crippen LogP contribution in [0.2, 0.25) is 0 Å². The summed E-state index contributed by atoms with van der Waals surface area (Å²) in [6.07, 6.45) is 3.82. The van der Waals surface area contributed by atoms with Crippen molar-refractivity contribution in [3.05, 3.63) is 48.0 Å². The van der Waals surface area contributed by atoms with Gasteiger partial charge < -0.3 is 15.2 Å². The molecule has 0 aliphatic heterocycles. The van der Waals surface area contributed by atoms with Crippen molar-refractivity contribution in [3.8, 4) is 5.75 Å². The SMILES string of the molecule is C=Nc1cc(Nc2ccnc3cc4c(OCCO)csc4cc23)ccc1SC. The molecule has 0 atom stereocenters. The molecule has 0 spiro atoms. The number of ether oxygens (including phenoxy) is 1. The molecule has 2 aromatic carbocycles. The molecular formula is C21H19N3O2S2.